The zero-order chi connectivity index (χ0) is 23.0. The molecule has 168 valence electrons. The number of aryl methyl sites for hydroxylation is 2. The van der Waals surface area contributed by atoms with Crippen molar-refractivity contribution in [2.45, 2.75) is 65.4 Å². The average molecular weight is 445 g/mol. The lowest BCUT2D eigenvalue weighted by molar-refractivity contribution is -0.138. The van der Waals surface area contributed by atoms with Crippen molar-refractivity contribution in [1.29, 1.82) is 0 Å². The highest BCUT2D eigenvalue weighted by atomic mass is 32.2. The predicted octanol–water partition coefficient (Wildman–Crippen LogP) is 5.01. The number of hydrogen-bond acceptors (Lipinski definition) is 3. The summed E-state index contributed by atoms with van der Waals surface area (Å²) >= 11 is 1.54. The third-order valence-corrected chi connectivity index (χ3v) is 6.20. The van der Waals surface area contributed by atoms with Crippen molar-refractivity contribution >= 4 is 23.6 Å². The molecule has 0 fully saturated rings. The standard InChI is InChI=1S/C25H33FN2O2S/c1-6-19(4)27-25(30)20(5)28(14-21-7-9-23(26)10-8-21)24(29)16-31-15-22-12-17(2)11-18(3)13-22/h7-13,19-20H,6,14-16H2,1-5H3,(H,27,30)/t19-,20-/m1/s1. The summed E-state index contributed by atoms with van der Waals surface area (Å²) in [5.74, 6) is 0.393. The molecule has 6 heteroatoms. The second-order valence-electron chi connectivity index (χ2n) is 8.13. The molecule has 0 radical (unpaired) electrons. The molecule has 4 nitrogen and oxygen atoms in total. The zero-order valence-electron chi connectivity index (χ0n) is 19.1. The van der Waals surface area contributed by atoms with Crippen molar-refractivity contribution in [3.8, 4) is 0 Å². The summed E-state index contributed by atoms with van der Waals surface area (Å²) < 4.78 is 13.3. The SMILES string of the molecule is CC[C@@H](C)NC(=O)[C@@H](C)N(Cc1ccc(F)cc1)C(=O)CSCc1cc(C)cc(C)c1. The summed E-state index contributed by atoms with van der Waals surface area (Å²) in [5, 5.41) is 2.95. The minimum absolute atomic E-state index is 0.0386. The molecule has 0 aliphatic carbocycles. The number of halogens is 1. The average Bonchev–Trinajstić information content (AvgIpc) is 2.71. The number of thioether (sulfide) groups is 1. The van der Waals surface area contributed by atoms with Crippen molar-refractivity contribution < 1.29 is 14.0 Å². The highest BCUT2D eigenvalue weighted by molar-refractivity contribution is 7.99. The Kier molecular flexibility index (Phi) is 9.56. The van der Waals surface area contributed by atoms with Gasteiger partial charge in [0.15, 0.2) is 0 Å². The number of carbonyl (C=O) groups is 2. The molecule has 1 N–H and O–H groups in total. The van der Waals surface area contributed by atoms with Crippen molar-refractivity contribution in [2.24, 2.45) is 0 Å². The lowest BCUT2D eigenvalue weighted by Crippen LogP contribution is -2.50. The van der Waals surface area contributed by atoms with Gasteiger partial charge in [0.1, 0.15) is 11.9 Å². The van der Waals surface area contributed by atoms with Crippen LogP contribution in [-0.2, 0) is 21.9 Å². The minimum atomic E-state index is -0.617. The van der Waals surface area contributed by atoms with Gasteiger partial charge in [-0.05, 0) is 57.4 Å². The van der Waals surface area contributed by atoms with Crippen LogP contribution in [0.3, 0.4) is 0 Å². The van der Waals surface area contributed by atoms with Crippen LogP contribution in [0.15, 0.2) is 42.5 Å². The Labute approximate surface area is 189 Å². The summed E-state index contributed by atoms with van der Waals surface area (Å²) in [7, 11) is 0. The van der Waals surface area contributed by atoms with Gasteiger partial charge in [-0.2, -0.15) is 0 Å². The zero-order valence-corrected chi connectivity index (χ0v) is 19.9. The van der Waals surface area contributed by atoms with Crippen LogP contribution in [0.5, 0.6) is 0 Å². The van der Waals surface area contributed by atoms with Gasteiger partial charge in [-0.1, -0.05) is 48.4 Å². The lowest BCUT2D eigenvalue weighted by Gasteiger charge is -2.29. The first-order valence-electron chi connectivity index (χ1n) is 10.7. The fraction of sp³-hybridized carbons (Fsp3) is 0.440. The lowest BCUT2D eigenvalue weighted by atomic mass is 10.1. The largest absolute Gasteiger partial charge is 0.352 e. The normalized spacial score (nSPS) is 12.8. The van der Waals surface area contributed by atoms with Crippen LogP contribution in [0, 0.1) is 19.7 Å². The molecule has 2 aromatic rings. The van der Waals surface area contributed by atoms with E-state index in [1.165, 1.54) is 40.6 Å². The monoisotopic (exact) mass is 444 g/mol. The minimum Gasteiger partial charge on any atom is -0.352 e. The van der Waals surface area contributed by atoms with Gasteiger partial charge in [0.2, 0.25) is 11.8 Å². The number of hydrogen-bond donors (Lipinski definition) is 1. The topological polar surface area (TPSA) is 49.4 Å². The van der Waals surface area contributed by atoms with E-state index in [1.807, 2.05) is 13.8 Å². The van der Waals surface area contributed by atoms with Crippen LogP contribution in [-0.4, -0.2) is 34.6 Å². The molecule has 0 spiro atoms. The fourth-order valence-electron chi connectivity index (χ4n) is 3.33. The Morgan fingerprint density at radius 1 is 1.03 bits per heavy atom. The third-order valence-electron chi connectivity index (χ3n) is 5.21. The van der Waals surface area contributed by atoms with Crippen LogP contribution in [0.25, 0.3) is 0 Å². The number of amides is 2. The number of carbonyl (C=O) groups excluding carboxylic acids is 2. The van der Waals surface area contributed by atoms with Crippen LogP contribution in [0.1, 0.15) is 49.4 Å². The second kappa shape index (κ2) is 11.9. The Morgan fingerprint density at radius 2 is 1.65 bits per heavy atom. The predicted molar refractivity (Wildman–Crippen MR) is 126 cm³/mol. The molecule has 0 aromatic heterocycles. The van der Waals surface area contributed by atoms with E-state index in [9.17, 15) is 14.0 Å². The summed E-state index contributed by atoms with van der Waals surface area (Å²) in [6.07, 6.45) is 0.816. The summed E-state index contributed by atoms with van der Waals surface area (Å²) in [6, 6.07) is 11.8. The Bertz CT molecular complexity index is 865. The summed E-state index contributed by atoms with van der Waals surface area (Å²) in [4.78, 5) is 27.4. The van der Waals surface area contributed by atoms with Gasteiger partial charge >= 0.3 is 0 Å². The van der Waals surface area contributed by atoms with Crippen molar-refractivity contribution in [3.63, 3.8) is 0 Å². The molecule has 31 heavy (non-hydrogen) atoms. The fourth-order valence-corrected chi connectivity index (χ4v) is 4.17. The molecule has 0 aliphatic heterocycles. The first-order valence-corrected chi connectivity index (χ1v) is 11.8. The maximum atomic E-state index is 13.3. The molecule has 2 amide bonds. The van der Waals surface area contributed by atoms with Gasteiger partial charge in [-0.3, -0.25) is 9.59 Å². The molecule has 0 heterocycles. The van der Waals surface area contributed by atoms with E-state index in [-0.39, 0.29) is 36.0 Å². The van der Waals surface area contributed by atoms with Crippen LogP contribution in [0.4, 0.5) is 4.39 Å². The molecular formula is C25H33FN2O2S. The number of rotatable bonds is 10. The Balaban J connectivity index is 2.08. The van der Waals surface area contributed by atoms with E-state index in [0.29, 0.717) is 0 Å². The van der Waals surface area contributed by atoms with E-state index in [0.717, 1.165) is 17.7 Å². The molecule has 0 bridgehead atoms. The molecule has 0 saturated carbocycles. The highest BCUT2D eigenvalue weighted by Crippen LogP contribution is 2.18. The van der Waals surface area contributed by atoms with Crippen LogP contribution in [0.2, 0.25) is 0 Å². The number of benzene rings is 2. The van der Waals surface area contributed by atoms with Crippen molar-refractivity contribution in [3.05, 3.63) is 70.5 Å². The molecule has 2 rings (SSSR count). The quantitative estimate of drug-likeness (QED) is 0.561. The van der Waals surface area contributed by atoms with Gasteiger partial charge in [0.25, 0.3) is 0 Å². The number of nitrogens with one attached hydrogen (secondary N) is 1. The first-order chi connectivity index (χ1) is 14.7. The molecule has 2 atom stereocenters. The Hall–Kier alpha value is -2.34. The molecule has 0 aliphatic rings. The van der Waals surface area contributed by atoms with E-state index in [1.54, 1.807) is 24.0 Å². The summed E-state index contributed by atoms with van der Waals surface area (Å²) in [6.45, 7) is 10.1. The highest BCUT2D eigenvalue weighted by Gasteiger charge is 2.26. The van der Waals surface area contributed by atoms with E-state index < -0.39 is 6.04 Å². The smallest absolute Gasteiger partial charge is 0.242 e. The van der Waals surface area contributed by atoms with Crippen LogP contribution >= 0.6 is 11.8 Å². The van der Waals surface area contributed by atoms with Gasteiger partial charge in [0.05, 0.1) is 5.75 Å². The molecule has 2 aromatic carbocycles. The van der Waals surface area contributed by atoms with E-state index in [2.05, 4.69) is 37.4 Å². The maximum absolute atomic E-state index is 13.3. The van der Waals surface area contributed by atoms with E-state index in [4.69, 9.17) is 0 Å². The first kappa shape index (κ1) is 24.9. The van der Waals surface area contributed by atoms with Crippen molar-refractivity contribution in [2.75, 3.05) is 5.75 Å². The summed E-state index contributed by atoms with van der Waals surface area (Å²) in [5.41, 5.74) is 4.38. The Morgan fingerprint density at radius 3 is 2.23 bits per heavy atom. The van der Waals surface area contributed by atoms with Gasteiger partial charge in [0, 0.05) is 18.3 Å². The third kappa shape index (κ3) is 8.02. The number of nitrogens with zero attached hydrogens (tertiary/aromatic N) is 1. The molecule has 0 unspecified atom stereocenters. The van der Waals surface area contributed by atoms with E-state index >= 15 is 0 Å². The van der Waals surface area contributed by atoms with Gasteiger partial charge < -0.3 is 10.2 Å². The second-order valence-corrected chi connectivity index (χ2v) is 9.12. The van der Waals surface area contributed by atoms with Gasteiger partial charge in [-0.15, -0.1) is 11.8 Å². The van der Waals surface area contributed by atoms with Crippen molar-refractivity contribution in [1.82, 2.24) is 10.2 Å². The van der Waals surface area contributed by atoms with Gasteiger partial charge in [-0.25, -0.2) is 4.39 Å². The van der Waals surface area contributed by atoms with Crippen LogP contribution < -0.4 is 5.32 Å². The molecule has 0 saturated heterocycles. The molecular weight excluding hydrogens is 411 g/mol. The maximum Gasteiger partial charge on any atom is 0.242 e.